The van der Waals surface area contributed by atoms with Crippen LogP contribution >= 0.6 is 24.0 Å². The van der Waals surface area contributed by atoms with Crippen molar-refractivity contribution in [1.82, 2.24) is 5.32 Å². The molecule has 3 rings (SSSR count). The highest BCUT2D eigenvalue weighted by Gasteiger charge is 2.50. The molecule has 1 aromatic carbocycles. The Labute approximate surface area is 112 Å². The lowest BCUT2D eigenvalue weighted by Gasteiger charge is -2.48. The molecule has 0 aromatic heterocycles. The molecule has 2 aliphatic rings. The summed E-state index contributed by atoms with van der Waals surface area (Å²) in [5.41, 5.74) is 1.31. The van der Waals surface area contributed by atoms with Gasteiger partial charge in [-0.1, -0.05) is 23.9 Å². The number of hydrogen-bond donors (Lipinski definition) is 1. The number of nitrogens with zero attached hydrogens (tertiary/aromatic N) is 1. The number of thioether (sulfide) groups is 1. The second kappa shape index (κ2) is 3.39. The fourth-order valence-electron chi connectivity index (χ4n) is 2.91. The van der Waals surface area contributed by atoms with Crippen LogP contribution < -0.4 is 10.2 Å². The molecule has 2 heterocycles. The van der Waals surface area contributed by atoms with Crippen LogP contribution in [0.15, 0.2) is 29.2 Å². The number of benzene rings is 1. The molecule has 2 nitrogen and oxygen atoms in total. The van der Waals surface area contributed by atoms with Crippen molar-refractivity contribution in [3.05, 3.63) is 24.3 Å². The van der Waals surface area contributed by atoms with Crippen molar-refractivity contribution in [3.8, 4) is 0 Å². The van der Waals surface area contributed by atoms with Crippen LogP contribution in [0.5, 0.6) is 0 Å². The average molecular weight is 264 g/mol. The van der Waals surface area contributed by atoms with Crippen LogP contribution in [-0.4, -0.2) is 15.5 Å². The van der Waals surface area contributed by atoms with Gasteiger partial charge in [-0.3, -0.25) is 0 Å². The maximum Gasteiger partial charge on any atom is 0.175 e. The summed E-state index contributed by atoms with van der Waals surface area (Å²) < 4.78 is 0. The SMILES string of the molecule is CC1(C)C[C@]2(C)Sc3ccccc3N2C(=S)N1. The minimum Gasteiger partial charge on any atom is -0.357 e. The first kappa shape index (κ1) is 11.4. The van der Waals surface area contributed by atoms with Gasteiger partial charge in [0.2, 0.25) is 0 Å². The Morgan fingerprint density at radius 1 is 1.29 bits per heavy atom. The van der Waals surface area contributed by atoms with Crippen LogP contribution in [0.2, 0.25) is 0 Å². The summed E-state index contributed by atoms with van der Waals surface area (Å²) in [6.45, 7) is 6.71. The van der Waals surface area contributed by atoms with Crippen LogP contribution in [0.4, 0.5) is 5.69 Å². The van der Waals surface area contributed by atoms with Crippen molar-refractivity contribution in [2.45, 2.75) is 42.5 Å². The first-order valence-electron chi connectivity index (χ1n) is 5.82. The summed E-state index contributed by atoms with van der Waals surface area (Å²) in [6.07, 6.45) is 1.07. The minimum absolute atomic E-state index is 0.0511. The van der Waals surface area contributed by atoms with E-state index < -0.39 is 0 Å². The normalized spacial score (nSPS) is 29.6. The second-order valence-electron chi connectivity index (χ2n) is 5.57. The second-order valence-corrected chi connectivity index (χ2v) is 7.48. The molecular formula is C13H16N2S2. The fourth-order valence-corrected chi connectivity index (χ4v) is 5.15. The van der Waals surface area contributed by atoms with E-state index in [1.807, 2.05) is 11.8 Å². The first-order chi connectivity index (χ1) is 7.91. The molecule has 1 N–H and O–H groups in total. The van der Waals surface area contributed by atoms with E-state index in [-0.39, 0.29) is 10.4 Å². The van der Waals surface area contributed by atoms with E-state index in [1.54, 1.807) is 0 Å². The Hall–Kier alpha value is -0.740. The van der Waals surface area contributed by atoms with Gasteiger partial charge in [-0.15, -0.1) is 0 Å². The first-order valence-corrected chi connectivity index (χ1v) is 7.04. The van der Waals surface area contributed by atoms with Gasteiger partial charge in [-0.2, -0.15) is 0 Å². The monoisotopic (exact) mass is 264 g/mol. The van der Waals surface area contributed by atoms with E-state index in [0.717, 1.165) is 11.5 Å². The van der Waals surface area contributed by atoms with Crippen molar-refractivity contribution >= 4 is 34.8 Å². The predicted octanol–water partition coefficient (Wildman–Crippen LogP) is 3.37. The molecule has 90 valence electrons. The van der Waals surface area contributed by atoms with Crippen molar-refractivity contribution in [2.24, 2.45) is 0 Å². The third-order valence-electron chi connectivity index (χ3n) is 3.33. The zero-order chi connectivity index (χ0) is 12.3. The number of hydrogen-bond acceptors (Lipinski definition) is 2. The highest BCUT2D eigenvalue weighted by atomic mass is 32.2. The van der Waals surface area contributed by atoms with E-state index >= 15 is 0 Å². The van der Waals surface area contributed by atoms with E-state index in [2.05, 4.69) is 55.3 Å². The van der Waals surface area contributed by atoms with E-state index in [9.17, 15) is 0 Å². The van der Waals surface area contributed by atoms with E-state index in [1.165, 1.54) is 10.6 Å². The lowest BCUT2D eigenvalue weighted by Crippen LogP contribution is -2.64. The molecule has 1 saturated heterocycles. The Kier molecular flexibility index (Phi) is 2.26. The van der Waals surface area contributed by atoms with Gasteiger partial charge in [0.05, 0.1) is 10.6 Å². The molecule has 0 amide bonds. The summed E-state index contributed by atoms with van der Waals surface area (Å²) in [7, 11) is 0. The van der Waals surface area contributed by atoms with Gasteiger partial charge in [-0.05, 0) is 45.1 Å². The number of para-hydroxylation sites is 1. The molecule has 0 unspecified atom stereocenters. The van der Waals surface area contributed by atoms with Crippen LogP contribution in [0.25, 0.3) is 0 Å². The lowest BCUT2D eigenvalue weighted by molar-refractivity contribution is 0.351. The van der Waals surface area contributed by atoms with Crippen molar-refractivity contribution in [3.63, 3.8) is 0 Å². The Balaban J connectivity index is 2.10. The summed E-state index contributed by atoms with van der Waals surface area (Å²) in [5.74, 6) is 0. The Morgan fingerprint density at radius 3 is 2.76 bits per heavy atom. The van der Waals surface area contributed by atoms with E-state index in [0.29, 0.717) is 0 Å². The maximum absolute atomic E-state index is 5.54. The molecule has 2 aliphatic heterocycles. The largest absolute Gasteiger partial charge is 0.357 e. The van der Waals surface area contributed by atoms with Gasteiger partial charge in [0.25, 0.3) is 0 Å². The van der Waals surface area contributed by atoms with Crippen LogP contribution in [-0.2, 0) is 0 Å². The zero-order valence-electron chi connectivity index (χ0n) is 10.3. The number of nitrogens with one attached hydrogen (secondary N) is 1. The fraction of sp³-hybridized carbons (Fsp3) is 0.462. The highest BCUT2D eigenvalue weighted by Crippen LogP contribution is 2.54. The molecule has 1 atom stereocenters. The number of thiocarbonyl (C=S) groups is 1. The quantitative estimate of drug-likeness (QED) is 0.722. The summed E-state index contributed by atoms with van der Waals surface area (Å²) in [4.78, 5) is 3.65. The van der Waals surface area contributed by atoms with E-state index in [4.69, 9.17) is 12.2 Å². The van der Waals surface area contributed by atoms with Crippen molar-refractivity contribution < 1.29 is 0 Å². The average Bonchev–Trinajstić information content (AvgIpc) is 2.46. The smallest absolute Gasteiger partial charge is 0.175 e. The molecule has 1 aromatic rings. The topological polar surface area (TPSA) is 15.3 Å². The minimum atomic E-state index is 0.0511. The lowest BCUT2D eigenvalue weighted by atomic mass is 9.92. The third-order valence-corrected chi connectivity index (χ3v) is 4.94. The summed E-state index contributed by atoms with van der Waals surface area (Å²) in [5, 5.41) is 4.29. The maximum atomic E-state index is 5.54. The molecular weight excluding hydrogens is 248 g/mol. The molecule has 0 bridgehead atoms. The van der Waals surface area contributed by atoms with Crippen molar-refractivity contribution in [1.29, 1.82) is 0 Å². The number of anilines is 1. The molecule has 17 heavy (non-hydrogen) atoms. The Bertz CT molecular complexity index is 498. The van der Waals surface area contributed by atoms with Gasteiger partial charge in [0.15, 0.2) is 5.11 Å². The summed E-state index contributed by atoms with van der Waals surface area (Å²) >= 11 is 7.47. The number of rotatable bonds is 0. The third kappa shape index (κ3) is 1.66. The van der Waals surface area contributed by atoms with Crippen LogP contribution in [0.3, 0.4) is 0 Å². The van der Waals surface area contributed by atoms with Gasteiger partial charge < -0.3 is 10.2 Å². The standard InChI is InChI=1S/C13H16N2S2/c1-12(2)8-13(3)15(11(16)14-12)9-6-4-5-7-10(9)17-13/h4-7H,8H2,1-3H3,(H,14,16)/t13-/m0/s1. The summed E-state index contributed by atoms with van der Waals surface area (Å²) in [6, 6.07) is 8.50. The molecule has 0 aliphatic carbocycles. The van der Waals surface area contributed by atoms with Crippen LogP contribution in [0, 0.1) is 0 Å². The van der Waals surface area contributed by atoms with Gasteiger partial charge in [-0.25, -0.2) is 0 Å². The van der Waals surface area contributed by atoms with Crippen LogP contribution in [0.1, 0.15) is 27.2 Å². The van der Waals surface area contributed by atoms with Gasteiger partial charge >= 0.3 is 0 Å². The van der Waals surface area contributed by atoms with Crippen molar-refractivity contribution in [2.75, 3.05) is 4.90 Å². The Morgan fingerprint density at radius 2 is 2.00 bits per heavy atom. The molecule has 1 fully saturated rings. The van der Waals surface area contributed by atoms with Gasteiger partial charge in [0.1, 0.15) is 0 Å². The molecule has 0 radical (unpaired) electrons. The predicted molar refractivity (Wildman–Crippen MR) is 77.6 cm³/mol. The molecule has 4 heteroatoms. The molecule has 0 spiro atoms. The highest BCUT2D eigenvalue weighted by molar-refractivity contribution is 8.01. The zero-order valence-corrected chi connectivity index (χ0v) is 11.9. The number of fused-ring (bicyclic) bond motifs is 3. The molecule has 0 saturated carbocycles. The van der Waals surface area contributed by atoms with Gasteiger partial charge in [0, 0.05) is 16.9 Å².